The molecule has 5 heteroatoms. The Bertz CT molecular complexity index is 308. The molecule has 0 aliphatic heterocycles. The van der Waals surface area contributed by atoms with E-state index >= 15 is 0 Å². The summed E-state index contributed by atoms with van der Waals surface area (Å²) in [6.07, 6.45) is 1.13. The van der Waals surface area contributed by atoms with Crippen molar-refractivity contribution in [2.45, 2.75) is 26.4 Å². The number of amides is 1. The van der Waals surface area contributed by atoms with Gasteiger partial charge in [-0.15, -0.1) is 0 Å². The van der Waals surface area contributed by atoms with Crippen molar-refractivity contribution in [3.63, 3.8) is 0 Å². The predicted molar refractivity (Wildman–Crippen MR) is 61.6 cm³/mol. The van der Waals surface area contributed by atoms with E-state index in [1.54, 1.807) is 31.9 Å². The normalized spacial score (nSPS) is 11.6. The largest absolute Gasteiger partial charge is 0.444 e. The number of rotatable bonds is 3. The number of alkyl carbamates (subject to hydrolysis) is 1. The van der Waals surface area contributed by atoms with Gasteiger partial charge in [0.25, 0.3) is 0 Å². The highest BCUT2D eigenvalue weighted by Crippen LogP contribution is 2.06. The van der Waals surface area contributed by atoms with E-state index in [0.717, 1.165) is 0 Å². The van der Waals surface area contributed by atoms with Crippen LogP contribution in [0.15, 0.2) is 11.8 Å². The highest BCUT2D eigenvalue weighted by atomic mass is 16.6. The van der Waals surface area contributed by atoms with Gasteiger partial charge in [0.05, 0.1) is 18.2 Å². The van der Waals surface area contributed by atoms with Crippen molar-refractivity contribution in [3.8, 4) is 6.07 Å². The number of nitrogens with one attached hydrogen (secondary N) is 1. The third-order valence-electron chi connectivity index (χ3n) is 1.38. The van der Waals surface area contributed by atoms with Gasteiger partial charge in [0.2, 0.25) is 0 Å². The fourth-order valence-corrected chi connectivity index (χ4v) is 0.907. The van der Waals surface area contributed by atoms with E-state index in [1.165, 1.54) is 0 Å². The SMILES string of the molecule is CN(C)/C=C(\C#N)CNC(=O)OC(C)(C)C. The number of carbonyl (C=O) groups excluding carboxylic acids is 1. The summed E-state index contributed by atoms with van der Waals surface area (Å²) in [6, 6.07) is 2.00. The lowest BCUT2D eigenvalue weighted by atomic mass is 10.2. The number of carbonyl (C=O) groups is 1. The molecule has 0 atom stereocenters. The molecule has 16 heavy (non-hydrogen) atoms. The van der Waals surface area contributed by atoms with Crippen LogP contribution in [0.25, 0.3) is 0 Å². The van der Waals surface area contributed by atoms with Crippen molar-refractivity contribution >= 4 is 6.09 Å². The molecule has 5 nitrogen and oxygen atoms in total. The molecule has 1 amide bonds. The quantitative estimate of drug-likeness (QED) is 0.739. The molecule has 0 fully saturated rings. The van der Waals surface area contributed by atoms with Crippen LogP contribution in [0.2, 0.25) is 0 Å². The van der Waals surface area contributed by atoms with Gasteiger partial charge in [0, 0.05) is 20.3 Å². The number of ether oxygens (including phenoxy) is 1. The molecule has 1 N–H and O–H groups in total. The van der Waals surface area contributed by atoms with Gasteiger partial charge in [0.15, 0.2) is 0 Å². The Morgan fingerprint density at radius 3 is 2.44 bits per heavy atom. The molecule has 0 radical (unpaired) electrons. The number of nitriles is 1. The lowest BCUT2D eigenvalue weighted by Crippen LogP contribution is -2.33. The molecule has 0 aromatic carbocycles. The molecule has 0 aromatic heterocycles. The lowest BCUT2D eigenvalue weighted by Gasteiger charge is -2.19. The molecular weight excluding hydrogens is 206 g/mol. The molecule has 0 saturated heterocycles. The maximum atomic E-state index is 11.3. The zero-order chi connectivity index (χ0) is 12.8. The second kappa shape index (κ2) is 6.01. The minimum Gasteiger partial charge on any atom is -0.444 e. The first-order valence-electron chi connectivity index (χ1n) is 4.98. The number of nitrogens with zero attached hydrogens (tertiary/aromatic N) is 2. The van der Waals surface area contributed by atoms with Crippen LogP contribution in [-0.2, 0) is 4.74 Å². The van der Waals surface area contributed by atoms with Crippen molar-refractivity contribution in [2.75, 3.05) is 20.6 Å². The summed E-state index contributed by atoms with van der Waals surface area (Å²) < 4.78 is 5.04. The maximum Gasteiger partial charge on any atom is 0.407 e. The second-order valence-corrected chi connectivity index (χ2v) is 4.59. The highest BCUT2D eigenvalue weighted by Gasteiger charge is 2.15. The van der Waals surface area contributed by atoms with Gasteiger partial charge >= 0.3 is 6.09 Å². The number of hydrogen-bond donors (Lipinski definition) is 1. The average Bonchev–Trinajstić information content (AvgIpc) is 2.08. The summed E-state index contributed by atoms with van der Waals surface area (Å²) in [6.45, 7) is 5.53. The predicted octanol–water partition coefficient (Wildman–Crippen LogP) is 1.48. The van der Waals surface area contributed by atoms with Crippen LogP contribution < -0.4 is 5.32 Å². The summed E-state index contributed by atoms with van der Waals surface area (Å²) in [5.74, 6) is 0. The van der Waals surface area contributed by atoms with Gasteiger partial charge in [-0.1, -0.05) is 0 Å². The first kappa shape index (κ1) is 14.3. The van der Waals surface area contributed by atoms with Crippen LogP contribution in [0.3, 0.4) is 0 Å². The first-order chi connectivity index (χ1) is 7.24. The van der Waals surface area contributed by atoms with Gasteiger partial charge in [-0.2, -0.15) is 5.26 Å². The van der Waals surface area contributed by atoms with E-state index in [4.69, 9.17) is 10.00 Å². The van der Waals surface area contributed by atoms with Gasteiger partial charge in [-0.25, -0.2) is 4.79 Å². The topological polar surface area (TPSA) is 65.4 Å². The van der Waals surface area contributed by atoms with Gasteiger partial charge in [-0.3, -0.25) is 0 Å². The summed E-state index contributed by atoms with van der Waals surface area (Å²) in [5, 5.41) is 11.3. The fourth-order valence-electron chi connectivity index (χ4n) is 0.907. The van der Waals surface area contributed by atoms with E-state index in [1.807, 2.05) is 20.2 Å². The van der Waals surface area contributed by atoms with Crippen LogP contribution in [0.5, 0.6) is 0 Å². The summed E-state index contributed by atoms with van der Waals surface area (Å²) in [4.78, 5) is 13.0. The van der Waals surface area contributed by atoms with Crippen molar-refractivity contribution in [1.29, 1.82) is 5.26 Å². The third kappa shape index (κ3) is 7.68. The van der Waals surface area contributed by atoms with Crippen LogP contribution >= 0.6 is 0 Å². The Balaban J connectivity index is 4.15. The van der Waals surface area contributed by atoms with E-state index in [0.29, 0.717) is 5.57 Å². The van der Waals surface area contributed by atoms with Crippen LogP contribution in [0, 0.1) is 11.3 Å². The van der Waals surface area contributed by atoms with Crippen molar-refractivity contribution in [2.24, 2.45) is 0 Å². The summed E-state index contributed by atoms with van der Waals surface area (Å²) >= 11 is 0. The molecule has 0 spiro atoms. The smallest absolute Gasteiger partial charge is 0.407 e. The maximum absolute atomic E-state index is 11.3. The number of hydrogen-bond acceptors (Lipinski definition) is 4. The zero-order valence-corrected chi connectivity index (χ0v) is 10.5. The summed E-state index contributed by atoms with van der Waals surface area (Å²) in [5.41, 5.74) is -0.0573. The average molecular weight is 225 g/mol. The van der Waals surface area contributed by atoms with Crippen LogP contribution in [0.1, 0.15) is 20.8 Å². The van der Waals surface area contributed by atoms with E-state index in [2.05, 4.69) is 5.32 Å². The molecule has 0 aromatic rings. The molecule has 90 valence electrons. The van der Waals surface area contributed by atoms with Gasteiger partial charge < -0.3 is 15.0 Å². The summed E-state index contributed by atoms with van der Waals surface area (Å²) in [7, 11) is 3.62. The standard InChI is InChI=1S/C11H19N3O2/c1-11(2,3)16-10(15)13-7-9(6-12)8-14(4)5/h8H,7H2,1-5H3,(H,13,15)/b9-8+. The minimum absolute atomic E-state index is 0.170. The van der Waals surface area contributed by atoms with E-state index in [9.17, 15) is 4.79 Å². The van der Waals surface area contributed by atoms with Crippen molar-refractivity contribution in [1.82, 2.24) is 10.2 Å². The second-order valence-electron chi connectivity index (χ2n) is 4.59. The molecule has 0 rings (SSSR count). The minimum atomic E-state index is -0.526. The van der Waals surface area contributed by atoms with E-state index in [-0.39, 0.29) is 6.54 Å². The Hall–Kier alpha value is -1.70. The molecule has 0 aliphatic carbocycles. The Morgan fingerprint density at radius 1 is 1.50 bits per heavy atom. The van der Waals surface area contributed by atoms with Crippen molar-refractivity contribution < 1.29 is 9.53 Å². The Labute approximate surface area is 96.7 Å². The lowest BCUT2D eigenvalue weighted by molar-refractivity contribution is 0.0533. The fraction of sp³-hybridized carbons (Fsp3) is 0.636. The molecule has 0 unspecified atom stereocenters. The molecule has 0 aliphatic rings. The van der Waals surface area contributed by atoms with Gasteiger partial charge in [-0.05, 0) is 20.8 Å². The van der Waals surface area contributed by atoms with E-state index < -0.39 is 11.7 Å². The van der Waals surface area contributed by atoms with Crippen molar-refractivity contribution in [3.05, 3.63) is 11.8 Å². The van der Waals surface area contributed by atoms with Gasteiger partial charge in [0.1, 0.15) is 5.60 Å². The molecule has 0 heterocycles. The molecular formula is C11H19N3O2. The Kier molecular flexibility index (Phi) is 5.37. The highest BCUT2D eigenvalue weighted by molar-refractivity contribution is 5.68. The first-order valence-corrected chi connectivity index (χ1v) is 4.98. The van der Waals surface area contributed by atoms with Crippen LogP contribution in [-0.4, -0.2) is 37.2 Å². The monoisotopic (exact) mass is 225 g/mol. The third-order valence-corrected chi connectivity index (χ3v) is 1.38. The molecule has 0 bridgehead atoms. The Morgan fingerprint density at radius 2 is 2.06 bits per heavy atom. The zero-order valence-electron chi connectivity index (χ0n) is 10.5. The van der Waals surface area contributed by atoms with Crippen LogP contribution in [0.4, 0.5) is 4.79 Å². The molecule has 0 saturated carbocycles.